The van der Waals surface area contributed by atoms with Crippen molar-refractivity contribution in [3.8, 4) is 0 Å². The third kappa shape index (κ3) is 9.71. The molecule has 1 N–H and O–H groups in total. The summed E-state index contributed by atoms with van der Waals surface area (Å²) < 4.78 is 39.9. The van der Waals surface area contributed by atoms with Gasteiger partial charge in [0.2, 0.25) is 0 Å². The average molecular weight is 269 g/mol. The molecule has 0 saturated carbocycles. The third-order valence-corrected chi connectivity index (χ3v) is 2.94. The lowest BCUT2D eigenvalue weighted by molar-refractivity contribution is -0.174. The van der Waals surface area contributed by atoms with Gasteiger partial charge >= 0.3 is 6.18 Å². The molecule has 2 nitrogen and oxygen atoms in total. The van der Waals surface area contributed by atoms with Gasteiger partial charge in [-0.05, 0) is 25.3 Å². The molecule has 18 heavy (non-hydrogen) atoms. The number of rotatable bonds is 8. The molecule has 0 amide bonds. The molecule has 5 heteroatoms. The van der Waals surface area contributed by atoms with Gasteiger partial charge in [-0.2, -0.15) is 13.2 Å². The summed E-state index contributed by atoms with van der Waals surface area (Å²) in [5, 5.41) is 3.28. The summed E-state index contributed by atoms with van der Waals surface area (Å²) in [7, 11) is 1.95. The Morgan fingerprint density at radius 3 is 2.11 bits per heavy atom. The Hall–Kier alpha value is -0.290. The van der Waals surface area contributed by atoms with Crippen molar-refractivity contribution in [2.24, 2.45) is 5.41 Å². The summed E-state index contributed by atoms with van der Waals surface area (Å²) in [6, 6.07) is 0.439. The molecular weight excluding hydrogens is 243 g/mol. The third-order valence-electron chi connectivity index (χ3n) is 2.94. The molecule has 1 atom stereocenters. The maximum atomic E-state index is 11.8. The van der Waals surface area contributed by atoms with Gasteiger partial charge < -0.3 is 10.1 Å². The van der Waals surface area contributed by atoms with Crippen LogP contribution in [0.1, 0.15) is 46.5 Å². The van der Waals surface area contributed by atoms with Crippen LogP contribution in [0.15, 0.2) is 0 Å². The van der Waals surface area contributed by atoms with Crippen LogP contribution in [0.3, 0.4) is 0 Å². The monoisotopic (exact) mass is 269 g/mol. The fourth-order valence-electron chi connectivity index (χ4n) is 1.93. The first kappa shape index (κ1) is 17.7. The van der Waals surface area contributed by atoms with Crippen molar-refractivity contribution < 1.29 is 17.9 Å². The van der Waals surface area contributed by atoms with Gasteiger partial charge in [0, 0.05) is 12.6 Å². The Bertz CT molecular complexity index is 211. The van der Waals surface area contributed by atoms with E-state index in [-0.39, 0.29) is 12.0 Å². The SMILES string of the molecule is CNC(CCCCCOCC(F)(F)F)C(C)(C)C. The average Bonchev–Trinajstić information content (AvgIpc) is 2.18. The van der Waals surface area contributed by atoms with E-state index in [0.717, 1.165) is 19.3 Å². The van der Waals surface area contributed by atoms with Gasteiger partial charge in [0.05, 0.1) is 0 Å². The molecule has 0 bridgehead atoms. The molecule has 0 rings (SSSR count). The standard InChI is InChI=1S/C13H26F3NO/c1-12(2,3)11(17-4)8-6-5-7-9-18-10-13(14,15)16/h11,17H,5-10H2,1-4H3. The summed E-state index contributed by atoms with van der Waals surface area (Å²) in [6.07, 6.45) is -0.552. The first-order valence-electron chi connectivity index (χ1n) is 6.48. The number of alkyl halides is 3. The van der Waals surface area contributed by atoms with Crippen LogP contribution >= 0.6 is 0 Å². The Balaban J connectivity index is 3.51. The lowest BCUT2D eigenvalue weighted by atomic mass is 9.84. The fraction of sp³-hybridized carbons (Fsp3) is 1.00. The zero-order valence-electron chi connectivity index (χ0n) is 11.9. The Morgan fingerprint density at radius 1 is 1.06 bits per heavy atom. The highest BCUT2D eigenvalue weighted by Gasteiger charge is 2.27. The summed E-state index contributed by atoms with van der Waals surface area (Å²) in [5.74, 6) is 0. The minimum absolute atomic E-state index is 0.194. The van der Waals surface area contributed by atoms with Crippen LogP contribution in [0.25, 0.3) is 0 Å². The van der Waals surface area contributed by atoms with Crippen LogP contribution in [0.4, 0.5) is 13.2 Å². The summed E-state index contributed by atoms with van der Waals surface area (Å²) in [6.45, 7) is 5.61. The molecule has 0 fully saturated rings. The van der Waals surface area contributed by atoms with Crippen molar-refractivity contribution in [2.75, 3.05) is 20.3 Å². The van der Waals surface area contributed by atoms with Gasteiger partial charge in [-0.25, -0.2) is 0 Å². The number of unbranched alkanes of at least 4 members (excludes halogenated alkanes) is 2. The van der Waals surface area contributed by atoms with Crippen molar-refractivity contribution in [3.63, 3.8) is 0 Å². The molecule has 0 aliphatic rings. The summed E-state index contributed by atoms with van der Waals surface area (Å²) in [4.78, 5) is 0. The lowest BCUT2D eigenvalue weighted by Crippen LogP contribution is -2.37. The van der Waals surface area contributed by atoms with Gasteiger partial charge in [0.15, 0.2) is 0 Å². The van der Waals surface area contributed by atoms with Crippen LogP contribution < -0.4 is 5.32 Å². The van der Waals surface area contributed by atoms with E-state index in [9.17, 15) is 13.2 Å². The zero-order valence-corrected chi connectivity index (χ0v) is 11.9. The predicted molar refractivity (Wildman–Crippen MR) is 67.6 cm³/mol. The van der Waals surface area contributed by atoms with Crippen molar-refractivity contribution >= 4 is 0 Å². The van der Waals surface area contributed by atoms with Gasteiger partial charge in [0.1, 0.15) is 6.61 Å². The van der Waals surface area contributed by atoms with Crippen LogP contribution in [-0.4, -0.2) is 32.5 Å². The molecule has 0 heterocycles. The fourth-order valence-corrected chi connectivity index (χ4v) is 1.93. The number of ether oxygens (including phenoxy) is 1. The van der Waals surface area contributed by atoms with E-state index in [1.165, 1.54) is 0 Å². The molecule has 0 aliphatic carbocycles. The molecular formula is C13H26F3NO. The second-order valence-corrected chi connectivity index (χ2v) is 5.72. The Labute approximate surface area is 108 Å². The molecule has 0 saturated heterocycles. The number of hydrogen-bond acceptors (Lipinski definition) is 2. The van der Waals surface area contributed by atoms with E-state index >= 15 is 0 Å². The zero-order chi connectivity index (χ0) is 14.2. The molecule has 0 aromatic heterocycles. The van der Waals surface area contributed by atoms with Crippen LogP contribution in [-0.2, 0) is 4.74 Å². The molecule has 0 aliphatic heterocycles. The van der Waals surface area contributed by atoms with Crippen molar-refractivity contribution in [1.29, 1.82) is 0 Å². The van der Waals surface area contributed by atoms with Crippen LogP contribution in [0.2, 0.25) is 0 Å². The Morgan fingerprint density at radius 2 is 1.67 bits per heavy atom. The molecule has 110 valence electrons. The van der Waals surface area contributed by atoms with Gasteiger partial charge in [0.25, 0.3) is 0 Å². The first-order valence-corrected chi connectivity index (χ1v) is 6.48. The minimum atomic E-state index is -4.20. The smallest absolute Gasteiger partial charge is 0.372 e. The topological polar surface area (TPSA) is 21.3 Å². The van der Waals surface area contributed by atoms with Crippen molar-refractivity contribution in [1.82, 2.24) is 5.32 Å². The minimum Gasteiger partial charge on any atom is -0.372 e. The van der Waals surface area contributed by atoms with E-state index < -0.39 is 12.8 Å². The number of hydrogen-bond donors (Lipinski definition) is 1. The largest absolute Gasteiger partial charge is 0.411 e. The molecule has 0 spiro atoms. The van der Waals surface area contributed by atoms with Gasteiger partial charge in [-0.3, -0.25) is 0 Å². The second-order valence-electron chi connectivity index (χ2n) is 5.72. The molecule has 0 radical (unpaired) electrons. The number of nitrogens with one attached hydrogen (secondary N) is 1. The molecule has 0 aromatic carbocycles. The highest BCUT2D eigenvalue weighted by Crippen LogP contribution is 2.23. The van der Waals surface area contributed by atoms with E-state index in [0.29, 0.717) is 12.5 Å². The highest BCUT2D eigenvalue weighted by atomic mass is 19.4. The van der Waals surface area contributed by atoms with Crippen molar-refractivity contribution in [2.45, 2.75) is 58.7 Å². The maximum absolute atomic E-state index is 11.8. The van der Waals surface area contributed by atoms with Crippen molar-refractivity contribution in [3.05, 3.63) is 0 Å². The van der Waals surface area contributed by atoms with E-state index in [2.05, 4.69) is 30.8 Å². The maximum Gasteiger partial charge on any atom is 0.411 e. The van der Waals surface area contributed by atoms with E-state index in [4.69, 9.17) is 0 Å². The van der Waals surface area contributed by atoms with E-state index in [1.807, 2.05) is 7.05 Å². The van der Waals surface area contributed by atoms with E-state index in [1.54, 1.807) is 0 Å². The predicted octanol–water partition coefficient (Wildman–Crippen LogP) is 3.76. The summed E-state index contributed by atoms with van der Waals surface area (Å²) in [5.41, 5.74) is 0.210. The van der Waals surface area contributed by atoms with Crippen LogP contribution in [0, 0.1) is 5.41 Å². The second kappa shape index (κ2) is 8.00. The Kier molecular flexibility index (Phi) is 7.87. The first-order chi connectivity index (χ1) is 8.17. The van der Waals surface area contributed by atoms with Gasteiger partial charge in [-0.15, -0.1) is 0 Å². The van der Waals surface area contributed by atoms with Crippen LogP contribution in [0.5, 0.6) is 0 Å². The molecule has 0 aromatic rings. The highest BCUT2D eigenvalue weighted by molar-refractivity contribution is 4.78. The lowest BCUT2D eigenvalue weighted by Gasteiger charge is -2.30. The number of halogens is 3. The normalized spacial score (nSPS) is 14.8. The quantitative estimate of drug-likeness (QED) is 0.677. The van der Waals surface area contributed by atoms with Gasteiger partial charge in [-0.1, -0.05) is 33.6 Å². The summed E-state index contributed by atoms with van der Waals surface area (Å²) >= 11 is 0. The molecule has 1 unspecified atom stereocenters.